The van der Waals surface area contributed by atoms with Crippen LogP contribution in [0.2, 0.25) is 0 Å². The van der Waals surface area contributed by atoms with Gasteiger partial charge in [0.05, 0.1) is 18.1 Å². The molecular weight excluding hydrogens is 338 g/mol. The summed E-state index contributed by atoms with van der Waals surface area (Å²) in [5.74, 6) is 1.06. The summed E-state index contributed by atoms with van der Waals surface area (Å²) in [6.07, 6.45) is -0.403. The van der Waals surface area contributed by atoms with E-state index < -0.39 is 16.1 Å². The lowest BCUT2D eigenvalue weighted by Crippen LogP contribution is -2.29. The monoisotopic (exact) mass is 363 g/mol. The van der Waals surface area contributed by atoms with E-state index in [-0.39, 0.29) is 11.4 Å². The Morgan fingerprint density at radius 3 is 2.24 bits per heavy atom. The molecule has 0 heterocycles. The van der Waals surface area contributed by atoms with Gasteiger partial charge < -0.3 is 9.47 Å². The molecule has 0 spiro atoms. The lowest BCUT2D eigenvalue weighted by molar-refractivity contribution is 0.107. The van der Waals surface area contributed by atoms with E-state index in [0.717, 1.165) is 11.1 Å². The Kier molecular flexibility index (Phi) is 6.58. The van der Waals surface area contributed by atoms with Crippen LogP contribution >= 0.6 is 0 Å². The zero-order valence-corrected chi connectivity index (χ0v) is 15.8. The molecule has 0 bridgehead atoms. The van der Waals surface area contributed by atoms with Crippen LogP contribution < -0.4 is 9.46 Å². The standard InChI is InChI=1S/C19H25NO4S/c1-14(2)15-8-10-18(11-9-15)25(21,22)20-13-19(24-4)16-6-5-7-17(12-16)23-3/h5-12,14,19-20H,13H2,1-4H3. The molecule has 0 aliphatic rings. The zero-order valence-electron chi connectivity index (χ0n) is 15.0. The maximum absolute atomic E-state index is 12.5. The van der Waals surface area contributed by atoms with E-state index in [4.69, 9.17) is 9.47 Å². The first kappa shape index (κ1) is 19.4. The minimum atomic E-state index is -3.59. The summed E-state index contributed by atoms with van der Waals surface area (Å²) in [6.45, 7) is 4.27. The third-order valence-electron chi connectivity index (χ3n) is 4.07. The predicted octanol–water partition coefficient (Wildman–Crippen LogP) is 3.48. The van der Waals surface area contributed by atoms with Gasteiger partial charge in [-0.2, -0.15) is 0 Å². The maximum atomic E-state index is 12.5. The molecule has 2 aromatic carbocycles. The number of nitrogens with one attached hydrogen (secondary N) is 1. The highest BCUT2D eigenvalue weighted by Crippen LogP contribution is 2.22. The highest BCUT2D eigenvalue weighted by Gasteiger charge is 2.18. The van der Waals surface area contributed by atoms with Crippen LogP contribution in [-0.4, -0.2) is 29.2 Å². The smallest absolute Gasteiger partial charge is 0.240 e. The van der Waals surface area contributed by atoms with E-state index >= 15 is 0 Å². The number of hydrogen-bond donors (Lipinski definition) is 1. The molecule has 0 fully saturated rings. The number of ether oxygens (including phenoxy) is 2. The van der Waals surface area contributed by atoms with Gasteiger partial charge in [0.25, 0.3) is 0 Å². The molecule has 136 valence electrons. The molecule has 0 saturated carbocycles. The summed E-state index contributed by atoms with van der Waals surface area (Å²) >= 11 is 0. The topological polar surface area (TPSA) is 64.6 Å². The van der Waals surface area contributed by atoms with Gasteiger partial charge in [0.2, 0.25) is 10.0 Å². The molecule has 0 aromatic heterocycles. The molecular formula is C19H25NO4S. The van der Waals surface area contributed by atoms with E-state index in [1.807, 2.05) is 36.4 Å². The Labute approximate surface area is 150 Å². The molecule has 0 aliphatic carbocycles. The minimum absolute atomic E-state index is 0.137. The average Bonchev–Trinajstić information content (AvgIpc) is 2.62. The fourth-order valence-electron chi connectivity index (χ4n) is 2.48. The summed E-state index contributed by atoms with van der Waals surface area (Å²) < 4.78 is 38.2. The van der Waals surface area contributed by atoms with Crippen molar-refractivity contribution in [1.82, 2.24) is 4.72 Å². The van der Waals surface area contributed by atoms with Crippen molar-refractivity contribution in [2.45, 2.75) is 30.8 Å². The van der Waals surface area contributed by atoms with E-state index in [0.29, 0.717) is 11.7 Å². The van der Waals surface area contributed by atoms with Crippen molar-refractivity contribution in [2.24, 2.45) is 0 Å². The van der Waals surface area contributed by atoms with Crippen molar-refractivity contribution in [3.8, 4) is 5.75 Å². The van der Waals surface area contributed by atoms with Gasteiger partial charge in [0.15, 0.2) is 0 Å². The van der Waals surface area contributed by atoms with Gasteiger partial charge in [0, 0.05) is 13.7 Å². The SMILES string of the molecule is COc1cccc(C(CNS(=O)(=O)c2ccc(C(C)C)cc2)OC)c1. The van der Waals surface area contributed by atoms with Crippen LogP contribution in [-0.2, 0) is 14.8 Å². The maximum Gasteiger partial charge on any atom is 0.240 e. The molecule has 1 atom stereocenters. The van der Waals surface area contributed by atoms with Crippen molar-refractivity contribution in [3.63, 3.8) is 0 Å². The Morgan fingerprint density at radius 2 is 1.68 bits per heavy atom. The second-order valence-electron chi connectivity index (χ2n) is 6.08. The van der Waals surface area contributed by atoms with Gasteiger partial charge in [-0.1, -0.05) is 38.1 Å². The lowest BCUT2D eigenvalue weighted by Gasteiger charge is -2.17. The summed E-state index contributed by atoms with van der Waals surface area (Å²) in [7, 11) is -0.454. The normalized spacial score (nSPS) is 13.0. The molecule has 1 N–H and O–H groups in total. The summed E-state index contributed by atoms with van der Waals surface area (Å²) in [4.78, 5) is 0.248. The number of methoxy groups -OCH3 is 2. The molecule has 0 radical (unpaired) electrons. The lowest BCUT2D eigenvalue weighted by atomic mass is 10.0. The second kappa shape index (κ2) is 8.47. The predicted molar refractivity (Wildman–Crippen MR) is 98.5 cm³/mol. The highest BCUT2D eigenvalue weighted by molar-refractivity contribution is 7.89. The van der Waals surface area contributed by atoms with Crippen LogP contribution in [0.1, 0.15) is 37.0 Å². The van der Waals surface area contributed by atoms with Gasteiger partial charge >= 0.3 is 0 Å². The molecule has 6 heteroatoms. The molecule has 25 heavy (non-hydrogen) atoms. The Balaban J connectivity index is 2.11. The quantitative estimate of drug-likeness (QED) is 0.780. The molecule has 0 aliphatic heterocycles. The third-order valence-corrected chi connectivity index (χ3v) is 5.51. The first-order valence-corrected chi connectivity index (χ1v) is 9.62. The van der Waals surface area contributed by atoms with E-state index in [9.17, 15) is 8.42 Å². The van der Waals surface area contributed by atoms with Crippen molar-refractivity contribution >= 4 is 10.0 Å². The fraction of sp³-hybridized carbons (Fsp3) is 0.368. The van der Waals surface area contributed by atoms with Crippen LogP contribution in [0.15, 0.2) is 53.4 Å². The van der Waals surface area contributed by atoms with Crippen LogP contribution in [0.5, 0.6) is 5.75 Å². The van der Waals surface area contributed by atoms with Crippen molar-refractivity contribution in [2.75, 3.05) is 20.8 Å². The van der Waals surface area contributed by atoms with Gasteiger partial charge in [-0.25, -0.2) is 13.1 Å². The molecule has 2 rings (SSSR count). The van der Waals surface area contributed by atoms with Crippen LogP contribution in [0.4, 0.5) is 0 Å². The van der Waals surface area contributed by atoms with Gasteiger partial charge in [-0.15, -0.1) is 0 Å². The van der Waals surface area contributed by atoms with Crippen LogP contribution in [0, 0.1) is 0 Å². The number of benzene rings is 2. The van der Waals surface area contributed by atoms with E-state index in [1.165, 1.54) is 0 Å². The van der Waals surface area contributed by atoms with Crippen LogP contribution in [0.25, 0.3) is 0 Å². The Hall–Kier alpha value is -1.89. The Morgan fingerprint density at radius 1 is 1.00 bits per heavy atom. The summed E-state index contributed by atoms with van der Waals surface area (Å²) in [6, 6.07) is 14.3. The highest BCUT2D eigenvalue weighted by atomic mass is 32.2. The molecule has 5 nitrogen and oxygen atoms in total. The third kappa shape index (κ3) is 5.04. The zero-order chi connectivity index (χ0) is 18.4. The molecule has 2 aromatic rings. The van der Waals surface area contributed by atoms with Gasteiger partial charge in [-0.3, -0.25) is 0 Å². The first-order valence-electron chi connectivity index (χ1n) is 8.13. The van der Waals surface area contributed by atoms with Crippen molar-refractivity contribution in [1.29, 1.82) is 0 Å². The average molecular weight is 363 g/mol. The largest absolute Gasteiger partial charge is 0.497 e. The molecule has 0 amide bonds. The summed E-state index contributed by atoms with van der Waals surface area (Å²) in [5.41, 5.74) is 1.95. The molecule has 0 saturated heterocycles. The van der Waals surface area contributed by atoms with E-state index in [1.54, 1.807) is 26.4 Å². The van der Waals surface area contributed by atoms with Crippen molar-refractivity contribution in [3.05, 3.63) is 59.7 Å². The Bertz CT molecular complexity index is 785. The second-order valence-corrected chi connectivity index (χ2v) is 7.84. The van der Waals surface area contributed by atoms with Crippen LogP contribution in [0.3, 0.4) is 0 Å². The van der Waals surface area contributed by atoms with Gasteiger partial charge in [0.1, 0.15) is 5.75 Å². The number of rotatable bonds is 8. The minimum Gasteiger partial charge on any atom is -0.497 e. The van der Waals surface area contributed by atoms with Crippen molar-refractivity contribution < 1.29 is 17.9 Å². The number of sulfonamides is 1. The number of hydrogen-bond acceptors (Lipinski definition) is 4. The van der Waals surface area contributed by atoms with E-state index in [2.05, 4.69) is 18.6 Å². The fourth-order valence-corrected chi connectivity index (χ4v) is 3.51. The first-order chi connectivity index (χ1) is 11.9. The summed E-state index contributed by atoms with van der Waals surface area (Å²) in [5, 5.41) is 0. The van der Waals surface area contributed by atoms with Gasteiger partial charge in [-0.05, 0) is 41.3 Å². The molecule has 1 unspecified atom stereocenters.